The molecular weight excluding hydrogens is 296 g/mol. The number of nitrogens with zero attached hydrogens (tertiary/aromatic N) is 2. The van der Waals surface area contributed by atoms with E-state index in [-0.39, 0.29) is 28.8 Å². The summed E-state index contributed by atoms with van der Waals surface area (Å²) in [5, 5.41) is 0. The van der Waals surface area contributed by atoms with Crippen LogP contribution in [0.3, 0.4) is 0 Å². The monoisotopic (exact) mass is 316 g/mol. The molecule has 3 saturated heterocycles. The first-order valence-corrected chi connectivity index (χ1v) is 9.09. The number of carbonyl (C=O) groups is 2. The summed E-state index contributed by atoms with van der Waals surface area (Å²) in [6.07, 6.45) is 0.0840. The Morgan fingerprint density at radius 1 is 1.50 bits per heavy atom. The minimum absolute atomic E-state index is 0.0840. The third-order valence-corrected chi connectivity index (χ3v) is 6.92. The van der Waals surface area contributed by atoms with Gasteiger partial charge in [0, 0.05) is 24.6 Å². The maximum atomic E-state index is 12.7. The molecule has 0 unspecified atom stereocenters. The minimum atomic E-state index is -0.288. The molecule has 5 nitrogen and oxygen atoms in total. The fourth-order valence-electron chi connectivity index (χ4n) is 3.09. The van der Waals surface area contributed by atoms with Crippen LogP contribution in [-0.4, -0.2) is 75.6 Å². The standard InChI is InChI=1S/C13H20N2O3S2/c1-9-5-14(3-4-18-9)12(17)10-6-20-13(2)8-19-7-11(16)15(10)13/h9-10H,3-8H2,1-2H3/t9-,10-,13+/m1/s1. The molecule has 0 aliphatic carbocycles. The predicted molar refractivity (Wildman–Crippen MR) is 80.8 cm³/mol. The molecule has 3 fully saturated rings. The van der Waals surface area contributed by atoms with Crippen LogP contribution in [0.15, 0.2) is 0 Å². The maximum absolute atomic E-state index is 12.7. The topological polar surface area (TPSA) is 49.9 Å². The van der Waals surface area contributed by atoms with Gasteiger partial charge in [-0.25, -0.2) is 0 Å². The molecule has 112 valence electrons. The lowest BCUT2D eigenvalue weighted by atomic mass is 10.1. The highest BCUT2D eigenvalue weighted by molar-refractivity contribution is 8.04. The first-order valence-electron chi connectivity index (χ1n) is 6.95. The van der Waals surface area contributed by atoms with Crippen molar-refractivity contribution in [2.45, 2.75) is 30.9 Å². The van der Waals surface area contributed by atoms with Gasteiger partial charge in [-0.1, -0.05) is 0 Å². The Morgan fingerprint density at radius 2 is 2.30 bits per heavy atom. The van der Waals surface area contributed by atoms with Crippen molar-refractivity contribution in [1.29, 1.82) is 0 Å². The van der Waals surface area contributed by atoms with E-state index in [0.717, 1.165) is 5.75 Å². The Hall–Kier alpha value is -0.400. The van der Waals surface area contributed by atoms with Gasteiger partial charge in [0.1, 0.15) is 6.04 Å². The molecule has 3 heterocycles. The summed E-state index contributed by atoms with van der Waals surface area (Å²) in [5.41, 5.74) is 0. The highest BCUT2D eigenvalue weighted by atomic mass is 32.2. The maximum Gasteiger partial charge on any atom is 0.246 e. The number of hydrogen-bond donors (Lipinski definition) is 0. The number of morpholine rings is 1. The van der Waals surface area contributed by atoms with Crippen LogP contribution >= 0.6 is 23.5 Å². The zero-order chi connectivity index (χ0) is 14.3. The van der Waals surface area contributed by atoms with Crippen molar-refractivity contribution in [3.8, 4) is 0 Å². The number of rotatable bonds is 1. The summed E-state index contributed by atoms with van der Waals surface area (Å²) >= 11 is 3.41. The Kier molecular flexibility index (Phi) is 3.94. The highest BCUT2D eigenvalue weighted by Gasteiger charge is 2.52. The van der Waals surface area contributed by atoms with Gasteiger partial charge in [0.05, 0.1) is 23.3 Å². The zero-order valence-corrected chi connectivity index (χ0v) is 13.5. The number of ether oxygens (including phenoxy) is 1. The van der Waals surface area contributed by atoms with Crippen molar-refractivity contribution >= 4 is 35.3 Å². The molecule has 0 aromatic heterocycles. The summed E-state index contributed by atoms with van der Waals surface area (Å²) in [7, 11) is 0. The van der Waals surface area contributed by atoms with E-state index in [1.807, 2.05) is 16.7 Å². The van der Waals surface area contributed by atoms with E-state index in [2.05, 4.69) is 6.92 Å². The molecule has 0 radical (unpaired) electrons. The van der Waals surface area contributed by atoms with E-state index in [9.17, 15) is 9.59 Å². The zero-order valence-electron chi connectivity index (χ0n) is 11.8. The second-order valence-electron chi connectivity index (χ2n) is 5.72. The summed E-state index contributed by atoms with van der Waals surface area (Å²) in [6.45, 7) is 5.92. The first kappa shape index (κ1) is 14.5. The number of thioether (sulfide) groups is 2. The highest BCUT2D eigenvalue weighted by Crippen LogP contribution is 2.44. The lowest BCUT2D eigenvalue weighted by Gasteiger charge is -2.42. The van der Waals surface area contributed by atoms with Crippen molar-refractivity contribution in [2.24, 2.45) is 0 Å². The van der Waals surface area contributed by atoms with E-state index in [1.165, 1.54) is 0 Å². The average Bonchev–Trinajstić information content (AvgIpc) is 2.77. The summed E-state index contributed by atoms with van der Waals surface area (Å²) in [5.74, 6) is 2.32. The van der Waals surface area contributed by atoms with E-state index < -0.39 is 0 Å². The summed E-state index contributed by atoms with van der Waals surface area (Å²) in [6, 6.07) is -0.288. The second kappa shape index (κ2) is 5.42. The smallest absolute Gasteiger partial charge is 0.246 e. The lowest BCUT2D eigenvalue weighted by Crippen LogP contribution is -2.59. The molecule has 0 aromatic carbocycles. The summed E-state index contributed by atoms with van der Waals surface area (Å²) in [4.78, 5) is 28.5. The molecule has 0 aromatic rings. The molecule has 20 heavy (non-hydrogen) atoms. The molecule has 0 N–H and O–H groups in total. The lowest BCUT2D eigenvalue weighted by molar-refractivity contribution is -0.149. The van der Waals surface area contributed by atoms with Crippen LogP contribution in [-0.2, 0) is 14.3 Å². The number of fused-ring (bicyclic) bond motifs is 1. The van der Waals surface area contributed by atoms with Gasteiger partial charge >= 0.3 is 0 Å². The molecule has 0 saturated carbocycles. The second-order valence-corrected chi connectivity index (χ2v) is 8.21. The molecule has 0 spiro atoms. The van der Waals surface area contributed by atoms with E-state index in [0.29, 0.717) is 31.2 Å². The van der Waals surface area contributed by atoms with Gasteiger partial charge in [-0.05, 0) is 13.8 Å². The Morgan fingerprint density at radius 3 is 3.05 bits per heavy atom. The predicted octanol–water partition coefficient (Wildman–Crippen LogP) is 0.641. The SMILES string of the molecule is C[C@@H]1CN(C(=O)[C@H]2CS[C@@]3(C)CSCC(=O)N23)CCO1. The van der Waals surface area contributed by atoms with Gasteiger partial charge in [-0.15, -0.1) is 23.5 Å². The van der Waals surface area contributed by atoms with Crippen molar-refractivity contribution in [3.63, 3.8) is 0 Å². The number of hydrogen-bond acceptors (Lipinski definition) is 5. The minimum Gasteiger partial charge on any atom is -0.375 e. The van der Waals surface area contributed by atoms with Crippen LogP contribution in [0.25, 0.3) is 0 Å². The van der Waals surface area contributed by atoms with Gasteiger partial charge in [-0.3, -0.25) is 9.59 Å². The molecule has 3 aliphatic heterocycles. The molecule has 2 amide bonds. The normalized spacial score (nSPS) is 38.0. The van der Waals surface area contributed by atoms with Crippen molar-refractivity contribution in [2.75, 3.05) is 37.0 Å². The van der Waals surface area contributed by atoms with Crippen molar-refractivity contribution < 1.29 is 14.3 Å². The van der Waals surface area contributed by atoms with Crippen LogP contribution in [0.1, 0.15) is 13.8 Å². The molecule has 3 aliphatic rings. The molecular formula is C13H20N2O3S2. The fraction of sp³-hybridized carbons (Fsp3) is 0.846. The van der Waals surface area contributed by atoms with E-state index in [1.54, 1.807) is 23.5 Å². The molecule has 7 heteroatoms. The molecule has 3 rings (SSSR count). The van der Waals surface area contributed by atoms with Gasteiger partial charge in [0.15, 0.2) is 0 Å². The van der Waals surface area contributed by atoms with Gasteiger partial charge < -0.3 is 14.5 Å². The number of carbonyl (C=O) groups excluding carboxylic acids is 2. The van der Waals surface area contributed by atoms with Gasteiger partial charge in [-0.2, -0.15) is 0 Å². The van der Waals surface area contributed by atoms with Crippen LogP contribution in [0.4, 0.5) is 0 Å². The summed E-state index contributed by atoms with van der Waals surface area (Å²) < 4.78 is 5.49. The fourth-order valence-corrected chi connectivity index (χ4v) is 5.78. The Labute approximate surface area is 127 Å². The molecule has 3 atom stereocenters. The average molecular weight is 316 g/mol. The Bertz CT molecular complexity index is 434. The number of amides is 2. The van der Waals surface area contributed by atoms with Crippen LogP contribution < -0.4 is 0 Å². The van der Waals surface area contributed by atoms with E-state index >= 15 is 0 Å². The third kappa shape index (κ3) is 2.44. The van der Waals surface area contributed by atoms with Gasteiger partial charge in [0.2, 0.25) is 11.8 Å². The van der Waals surface area contributed by atoms with Crippen molar-refractivity contribution in [3.05, 3.63) is 0 Å². The van der Waals surface area contributed by atoms with Crippen LogP contribution in [0.5, 0.6) is 0 Å². The third-order valence-electron chi connectivity index (χ3n) is 4.08. The van der Waals surface area contributed by atoms with Crippen LogP contribution in [0.2, 0.25) is 0 Å². The van der Waals surface area contributed by atoms with Gasteiger partial charge in [0.25, 0.3) is 0 Å². The van der Waals surface area contributed by atoms with Crippen molar-refractivity contribution in [1.82, 2.24) is 9.80 Å². The molecule has 0 bridgehead atoms. The van der Waals surface area contributed by atoms with E-state index in [4.69, 9.17) is 4.74 Å². The first-order chi connectivity index (χ1) is 9.51. The largest absolute Gasteiger partial charge is 0.375 e. The van der Waals surface area contributed by atoms with Crippen LogP contribution in [0, 0.1) is 0 Å². The Balaban J connectivity index is 1.76. The quantitative estimate of drug-likeness (QED) is 0.711.